The molecule has 3 aromatic rings. The molecule has 0 N–H and O–H groups in total. The first kappa shape index (κ1) is 17.3. The Morgan fingerprint density at radius 1 is 1.04 bits per heavy atom. The van der Waals surface area contributed by atoms with Crippen molar-refractivity contribution in [1.82, 2.24) is 4.98 Å². The summed E-state index contributed by atoms with van der Waals surface area (Å²) in [5.41, 5.74) is 5.94. The van der Waals surface area contributed by atoms with Gasteiger partial charge in [-0.15, -0.1) is 0 Å². The van der Waals surface area contributed by atoms with Crippen LogP contribution in [-0.4, -0.2) is 12.1 Å². The minimum absolute atomic E-state index is 0.697. The second kappa shape index (κ2) is 7.26. The van der Waals surface area contributed by atoms with Crippen molar-refractivity contribution in [2.45, 2.75) is 12.8 Å². The number of methoxy groups -OCH3 is 1. The van der Waals surface area contributed by atoms with Gasteiger partial charge in [0, 0.05) is 33.3 Å². The van der Waals surface area contributed by atoms with Gasteiger partial charge in [0.05, 0.1) is 18.7 Å². The molecule has 27 heavy (non-hydrogen) atoms. The van der Waals surface area contributed by atoms with Gasteiger partial charge >= 0.3 is 0 Å². The van der Waals surface area contributed by atoms with E-state index in [0.717, 1.165) is 51.8 Å². The molecule has 4 rings (SSSR count). The molecule has 3 nitrogen and oxygen atoms in total. The number of ether oxygens (including phenoxy) is 1. The van der Waals surface area contributed by atoms with Crippen LogP contribution in [0.25, 0.3) is 27.6 Å². The number of hydrogen-bond donors (Lipinski definition) is 0. The van der Waals surface area contributed by atoms with E-state index in [9.17, 15) is 0 Å². The molecular weight excluding hydrogens is 356 g/mol. The highest BCUT2D eigenvalue weighted by molar-refractivity contribution is 6.30. The molecule has 1 heterocycles. The minimum atomic E-state index is 0.697. The molecule has 0 saturated heterocycles. The fourth-order valence-corrected chi connectivity index (χ4v) is 3.59. The van der Waals surface area contributed by atoms with Crippen LogP contribution in [0.1, 0.15) is 18.4 Å². The van der Waals surface area contributed by atoms with Gasteiger partial charge in [0.15, 0.2) is 0 Å². The monoisotopic (exact) mass is 372 g/mol. The zero-order valence-electron chi connectivity index (χ0n) is 14.9. The molecule has 0 atom stereocenters. The van der Waals surface area contributed by atoms with Crippen molar-refractivity contribution in [3.8, 4) is 22.9 Å². The van der Waals surface area contributed by atoms with E-state index in [-0.39, 0.29) is 0 Å². The Hall–Kier alpha value is -3.09. The lowest BCUT2D eigenvalue weighted by atomic mass is 9.91. The number of allylic oxidation sites excluding steroid dienone is 4. The molecule has 1 aliphatic rings. The van der Waals surface area contributed by atoms with E-state index in [1.165, 1.54) is 5.57 Å². The SMILES string of the molecule is COc1c(-c2ccc(Cl)cc2)cnc2c(C3=CC=C(C#N)CC3)cccc12. The number of benzene rings is 2. The number of pyridine rings is 1. The number of para-hydroxylation sites is 1. The van der Waals surface area contributed by atoms with Gasteiger partial charge in [-0.1, -0.05) is 41.9 Å². The number of nitrogens with zero attached hydrogens (tertiary/aromatic N) is 2. The lowest BCUT2D eigenvalue weighted by molar-refractivity contribution is 0.421. The van der Waals surface area contributed by atoms with E-state index in [2.05, 4.69) is 12.1 Å². The van der Waals surface area contributed by atoms with Crippen molar-refractivity contribution in [2.24, 2.45) is 0 Å². The van der Waals surface area contributed by atoms with Crippen molar-refractivity contribution in [3.63, 3.8) is 0 Å². The Morgan fingerprint density at radius 2 is 1.85 bits per heavy atom. The maximum atomic E-state index is 9.06. The Labute approximate surface area is 163 Å². The van der Waals surface area contributed by atoms with E-state index in [4.69, 9.17) is 26.6 Å². The first-order valence-electron chi connectivity index (χ1n) is 8.73. The summed E-state index contributed by atoms with van der Waals surface area (Å²) in [6.45, 7) is 0. The summed E-state index contributed by atoms with van der Waals surface area (Å²) in [7, 11) is 1.68. The topological polar surface area (TPSA) is 45.9 Å². The summed E-state index contributed by atoms with van der Waals surface area (Å²) in [6.07, 6.45) is 7.38. The number of rotatable bonds is 3. The minimum Gasteiger partial charge on any atom is -0.495 e. The molecule has 2 aromatic carbocycles. The van der Waals surface area contributed by atoms with Gasteiger partial charge in [-0.2, -0.15) is 5.26 Å². The molecule has 0 amide bonds. The summed E-state index contributed by atoms with van der Waals surface area (Å²) >= 11 is 6.02. The van der Waals surface area contributed by atoms with E-state index < -0.39 is 0 Å². The maximum Gasteiger partial charge on any atom is 0.137 e. The van der Waals surface area contributed by atoms with Crippen molar-refractivity contribution in [3.05, 3.63) is 77.0 Å². The van der Waals surface area contributed by atoms with Crippen LogP contribution in [0, 0.1) is 11.3 Å². The van der Waals surface area contributed by atoms with Crippen LogP contribution < -0.4 is 4.74 Å². The highest BCUT2D eigenvalue weighted by Gasteiger charge is 2.16. The number of hydrogen-bond acceptors (Lipinski definition) is 3. The molecule has 0 fully saturated rings. The number of halogens is 1. The van der Waals surface area contributed by atoms with E-state index >= 15 is 0 Å². The van der Waals surface area contributed by atoms with Gasteiger partial charge in [-0.05, 0) is 48.3 Å². The van der Waals surface area contributed by atoms with E-state index in [1.807, 2.05) is 54.7 Å². The summed E-state index contributed by atoms with van der Waals surface area (Å²) in [5, 5.41) is 10.7. The Bertz CT molecular complexity index is 1120. The number of fused-ring (bicyclic) bond motifs is 1. The first-order chi connectivity index (χ1) is 13.2. The fraction of sp³-hybridized carbons (Fsp3) is 0.130. The fourth-order valence-electron chi connectivity index (χ4n) is 3.47. The molecule has 1 aromatic heterocycles. The van der Waals surface area contributed by atoms with Gasteiger partial charge in [0.1, 0.15) is 5.75 Å². The van der Waals surface area contributed by atoms with Crippen LogP contribution in [0.15, 0.2) is 66.4 Å². The molecule has 0 saturated carbocycles. The average molecular weight is 373 g/mol. The van der Waals surface area contributed by atoms with Gasteiger partial charge < -0.3 is 4.74 Å². The zero-order valence-corrected chi connectivity index (χ0v) is 15.6. The highest BCUT2D eigenvalue weighted by atomic mass is 35.5. The predicted octanol–water partition coefficient (Wildman–Crippen LogP) is 6.19. The van der Waals surface area contributed by atoms with Crippen LogP contribution in [0.5, 0.6) is 5.75 Å². The van der Waals surface area contributed by atoms with Crippen LogP contribution >= 0.6 is 11.6 Å². The Kier molecular flexibility index (Phi) is 4.66. The van der Waals surface area contributed by atoms with Crippen LogP contribution in [0.3, 0.4) is 0 Å². The zero-order chi connectivity index (χ0) is 18.8. The van der Waals surface area contributed by atoms with E-state index in [1.54, 1.807) is 7.11 Å². The molecule has 0 spiro atoms. The predicted molar refractivity (Wildman–Crippen MR) is 110 cm³/mol. The maximum absolute atomic E-state index is 9.06. The third-order valence-electron chi connectivity index (χ3n) is 4.85. The molecule has 0 bridgehead atoms. The van der Waals surface area contributed by atoms with Crippen molar-refractivity contribution < 1.29 is 4.74 Å². The van der Waals surface area contributed by atoms with Gasteiger partial charge in [-0.3, -0.25) is 4.98 Å². The molecule has 0 unspecified atom stereocenters. The molecule has 132 valence electrons. The Morgan fingerprint density at radius 3 is 2.52 bits per heavy atom. The quantitative estimate of drug-likeness (QED) is 0.550. The van der Waals surface area contributed by atoms with Crippen molar-refractivity contribution in [2.75, 3.05) is 7.11 Å². The summed E-state index contributed by atoms with van der Waals surface area (Å²) in [5.74, 6) is 0.800. The van der Waals surface area contributed by atoms with E-state index in [0.29, 0.717) is 5.02 Å². The molecule has 4 heteroatoms. The molecule has 0 radical (unpaired) electrons. The lowest BCUT2D eigenvalue weighted by Gasteiger charge is -2.16. The van der Waals surface area contributed by atoms with Crippen LogP contribution in [0.2, 0.25) is 5.02 Å². The Balaban J connectivity index is 1.89. The second-order valence-corrected chi connectivity index (χ2v) is 6.85. The largest absolute Gasteiger partial charge is 0.495 e. The summed E-state index contributed by atoms with van der Waals surface area (Å²) in [6, 6.07) is 16.0. The van der Waals surface area contributed by atoms with Gasteiger partial charge in [-0.25, -0.2) is 0 Å². The van der Waals surface area contributed by atoms with Gasteiger partial charge in [0.2, 0.25) is 0 Å². The van der Waals surface area contributed by atoms with Crippen molar-refractivity contribution in [1.29, 1.82) is 5.26 Å². The summed E-state index contributed by atoms with van der Waals surface area (Å²) in [4.78, 5) is 4.76. The number of aromatic nitrogens is 1. The smallest absolute Gasteiger partial charge is 0.137 e. The van der Waals surface area contributed by atoms with Crippen LogP contribution in [-0.2, 0) is 0 Å². The highest BCUT2D eigenvalue weighted by Crippen LogP contribution is 2.39. The summed E-state index contributed by atoms with van der Waals surface area (Å²) < 4.78 is 5.77. The van der Waals surface area contributed by atoms with Gasteiger partial charge in [0.25, 0.3) is 0 Å². The number of nitriles is 1. The van der Waals surface area contributed by atoms with Crippen LogP contribution in [0.4, 0.5) is 0 Å². The third-order valence-corrected chi connectivity index (χ3v) is 5.10. The molecule has 0 aliphatic heterocycles. The standard InChI is InChI=1S/C23H17ClN2O/c1-27-23-20-4-2-3-19(16-7-5-15(13-25)6-8-16)22(20)26-14-21(23)17-9-11-18(24)12-10-17/h2-5,7,9-12,14H,6,8H2,1H3. The first-order valence-corrected chi connectivity index (χ1v) is 9.11. The third kappa shape index (κ3) is 3.20. The lowest BCUT2D eigenvalue weighted by Crippen LogP contribution is -1.97. The molecule has 1 aliphatic carbocycles. The second-order valence-electron chi connectivity index (χ2n) is 6.41. The van der Waals surface area contributed by atoms with Crippen molar-refractivity contribution >= 4 is 28.1 Å². The average Bonchev–Trinajstić information content (AvgIpc) is 2.73. The normalized spacial score (nSPS) is 13.7. The molecular formula is C23H17ClN2O.